The molecular formula is C12H4Cl3F3IN. The van der Waals surface area contributed by atoms with Gasteiger partial charge in [0.2, 0.25) is 0 Å². The van der Waals surface area contributed by atoms with E-state index in [1.165, 1.54) is 6.07 Å². The summed E-state index contributed by atoms with van der Waals surface area (Å²) < 4.78 is 38.1. The number of hydrogen-bond acceptors (Lipinski definition) is 1. The van der Waals surface area contributed by atoms with Gasteiger partial charge in [0.05, 0.1) is 26.3 Å². The lowest BCUT2D eigenvalue weighted by Gasteiger charge is -2.11. The van der Waals surface area contributed by atoms with Gasteiger partial charge in [0.25, 0.3) is 0 Å². The van der Waals surface area contributed by atoms with Gasteiger partial charge in [0.1, 0.15) is 0 Å². The summed E-state index contributed by atoms with van der Waals surface area (Å²) in [7, 11) is 0. The number of alkyl halides is 3. The fourth-order valence-electron chi connectivity index (χ4n) is 1.50. The molecule has 20 heavy (non-hydrogen) atoms. The zero-order valence-corrected chi connectivity index (χ0v) is 13.8. The van der Waals surface area contributed by atoms with E-state index in [9.17, 15) is 13.2 Å². The minimum atomic E-state index is -4.44. The van der Waals surface area contributed by atoms with E-state index >= 15 is 0 Å². The summed E-state index contributed by atoms with van der Waals surface area (Å²) in [6.07, 6.45) is -3.68. The van der Waals surface area contributed by atoms with Gasteiger partial charge in [-0.2, -0.15) is 13.2 Å². The molecule has 2 rings (SSSR count). The lowest BCUT2D eigenvalue weighted by molar-refractivity contribution is -0.137. The predicted molar refractivity (Wildman–Crippen MR) is 82.4 cm³/mol. The van der Waals surface area contributed by atoms with Crippen molar-refractivity contribution in [1.82, 2.24) is 4.98 Å². The molecule has 8 heteroatoms. The van der Waals surface area contributed by atoms with Crippen LogP contribution in [0, 0.1) is 3.57 Å². The molecule has 0 unspecified atom stereocenters. The highest BCUT2D eigenvalue weighted by atomic mass is 127. The smallest absolute Gasteiger partial charge is 0.254 e. The Bertz CT molecular complexity index is 674. The molecule has 0 aliphatic rings. The van der Waals surface area contributed by atoms with Crippen LogP contribution in [0.3, 0.4) is 0 Å². The maximum atomic E-state index is 12.6. The summed E-state index contributed by atoms with van der Waals surface area (Å²) in [6.45, 7) is 0. The second-order valence-corrected chi connectivity index (χ2v) is 6.10. The average molecular weight is 452 g/mol. The summed E-state index contributed by atoms with van der Waals surface area (Å²) in [5, 5.41) is 0.565. The van der Waals surface area contributed by atoms with Crippen LogP contribution in [0.25, 0.3) is 11.3 Å². The van der Waals surface area contributed by atoms with Crippen LogP contribution in [0.1, 0.15) is 5.56 Å². The van der Waals surface area contributed by atoms with Gasteiger partial charge in [-0.3, -0.25) is 4.98 Å². The first-order valence-corrected chi connectivity index (χ1v) is 7.29. The molecule has 1 nitrogen and oxygen atoms in total. The standard InChI is InChI=1S/C12H4Cl3F3IN/c13-7-2-1-6(9(14)10(7)15)11-8(19)3-5(4-20-11)12(16,17)18/h1-4H. The minimum absolute atomic E-state index is 0.142. The highest BCUT2D eigenvalue weighted by Gasteiger charge is 2.31. The molecule has 1 aromatic carbocycles. The van der Waals surface area contributed by atoms with E-state index in [1.54, 1.807) is 28.7 Å². The van der Waals surface area contributed by atoms with Gasteiger partial charge in [-0.25, -0.2) is 0 Å². The molecule has 1 heterocycles. The molecule has 0 radical (unpaired) electrons. The summed E-state index contributed by atoms with van der Waals surface area (Å²) in [5.74, 6) is 0. The normalized spacial score (nSPS) is 11.8. The van der Waals surface area contributed by atoms with Gasteiger partial charge in [-0.15, -0.1) is 0 Å². The molecule has 0 aliphatic heterocycles. The second kappa shape index (κ2) is 5.87. The van der Waals surface area contributed by atoms with Crippen molar-refractivity contribution in [3.8, 4) is 11.3 Å². The average Bonchev–Trinajstić information content (AvgIpc) is 2.36. The van der Waals surface area contributed by atoms with Crippen LogP contribution in [0.2, 0.25) is 15.1 Å². The Morgan fingerprint density at radius 3 is 2.25 bits per heavy atom. The van der Waals surface area contributed by atoms with Gasteiger partial charge < -0.3 is 0 Å². The van der Waals surface area contributed by atoms with Crippen molar-refractivity contribution in [2.24, 2.45) is 0 Å². The van der Waals surface area contributed by atoms with E-state index in [1.807, 2.05) is 0 Å². The van der Waals surface area contributed by atoms with Crippen LogP contribution in [-0.2, 0) is 6.18 Å². The Kier molecular flexibility index (Phi) is 4.73. The van der Waals surface area contributed by atoms with Gasteiger partial charge in [-0.05, 0) is 40.8 Å². The monoisotopic (exact) mass is 451 g/mol. The van der Waals surface area contributed by atoms with E-state index < -0.39 is 11.7 Å². The van der Waals surface area contributed by atoms with Crippen LogP contribution >= 0.6 is 57.4 Å². The molecule has 0 N–H and O–H groups in total. The first-order chi connectivity index (χ1) is 9.21. The Balaban J connectivity index is 2.58. The van der Waals surface area contributed by atoms with Crippen LogP contribution in [-0.4, -0.2) is 4.98 Å². The summed E-state index contributed by atoms with van der Waals surface area (Å²) in [6, 6.07) is 4.08. The van der Waals surface area contributed by atoms with Crippen LogP contribution in [0.15, 0.2) is 24.4 Å². The molecule has 0 bridgehead atoms. The molecule has 1 aromatic heterocycles. The summed E-state index contributed by atoms with van der Waals surface area (Å²) >= 11 is 19.5. The quantitative estimate of drug-likeness (QED) is 0.364. The molecule has 0 amide bonds. The van der Waals surface area contributed by atoms with Gasteiger partial charge in [0.15, 0.2) is 0 Å². The van der Waals surface area contributed by atoms with Gasteiger partial charge in [-0.1, -0.05) is 34.8 Å². The molecule has 0 spiro atoms. The van der Waals surface area contributed by atoms with E-state index in [0.29, 0.717) is 14.8 Å². The maximum Gasteiger partial charge on any atom is 0.417 e. The van der Waals surface area contributed by atoms with Crippen molar-refractivity contribution in [1.29, 1.82) is 0 Å². The van der Waals surface area contributed by atoms with Crippen molar-refractivity contribution in [3.05, 3.63) is 48.6 Å². The predicted octanol–water partition coefficient (Wildman–Crippen LogP) is 6.33. The molecular weight excluding hydrogens is 448 g/mol. The van der Waals surface area contributed by atoms with E-state index in [2.05, 4.69) is 4.98 Å². The topological polar surface area (TPSA) is 12.9 Å². The zero-order valence-electron chi connectivity index (χ0n) is 9.40. The summed E-state index contributed by atoms with van der Waals surface area (Å²) in [5.41, 5.74) is -0.0665. The Hall–Kier alpha value is -0.240. The number of nitrogens with zero attached hydrogens (tertiary/aromatic N) is 1. The zero-order chi connectivity index (χ0) is 15.1. The van der Waals surface area contributed by atoms with Crippen molar-refractivity contribution >= 4 is 57.4 Å². The Morgan fingerprint density at radius 2 is 1.70 bits per heavy atom. The van der Waals surface area contributed by atoms with Crippen LogP contribution in [0.4, 0.5) is 13.2 Å². The number of halogens is 7. The van der Waals surface area contributed by atoms with Crippen molar-refractivity contribution in [3.63, 3.8) is 0 Å². The van der Waals surface area contributed by atoms with Gasteiger partial charge >= 0.3 is 6.18 Å². The third-order valence-corrected chi connectivity index (χ3v) is 4.57. The molecule has 0 saturated heterocycles. The van der Waals surface area contributed by atoms with Crippen molar-refractivity contribution < 1.29 is 13.2 Å². The third-order valence-electron chi connectivity index (χ3n) is 2.46. The number of hydrogen-bond donors (Lipinski definition) is 0. The lowest BCUT2D eigenvalue weighted by Crippen LogP contribution is -2.06. The maximum absolute atomic E-state index is 12.6. The molecule has 0 saturated carbocycles. The first-order valence-electron chi connectivity index (χ1n) is 5.08. The fourth-order valence-corrected chi connectivity index (χ4v) is 2.89. The lowest BCUT2D eigenvalue weighted by atomic mass is 10.1. The van der Waals surface area contributed by atoms with E-state index in [4.69, 9.17) is 34.8 Å². The Morgan fingerprint density at radius 1 is 1.05 bits per heavy atom. The second-order valence-electron chi connectivity index (χ2n) is 3.78. The highest BCUT2D eigenvalue weighted by Crippen LogP contribution is 2.39. The molecule has 0 atom stereocenters. The van der Waals surface area contributed by atoms with Crippen molar-refractivity contribution in [2.75, 3.05) is 0 Å². The Labute approximate surface area is 141 Å². The van der Waals surface area contributed by atoms with E-state index in [0.717, 1.165) is 12.3 Å². The minimum Gasteiger partial charge on any atom is -0.254 e. The van der Waals surface area contributed by atoms with E-state index in [-0.39, 0.29) is 15.1 Å². The number of rotatable bonds is 1. The molecule has 0 fully saturated rings. The number of benzene rings is 1. The van der Waals surface area contributed by atoms with Gasteiger partial charge in [0, 0.05) is 15.3 Å². The fraction of sp³-hybridized carbons (Fsp3) is 0.0833. The molecule has 106 valence electrons. The van der Waals surface area contributed by atoms with Crippen LogP contribution < -0.4 is 0 Å². The summed E-state index contributed by atoms with van der Waals surface area (Å²) in [4.78, 5) is 3.83. The largest absolute Gasteiger partial charge is 0.417 e. The van der Waals surface area contributed by atoms with Crippen molar-refractivity contribution in [2.45, 2.75) is 6.18 Å². The molecule has 2 aromatic rings. The first kappa shape index (κ1) is 16.1. The van der Waals surface area contributed by atoms with Crippen LogP contribution in [0.5, 0.6) is 0 Å². The molecule has 0 aliphatic carbocycles. The number of pyridine rings is 1. The third kappa shape index (κ3) is 3.16. The SMILES string of the molecule is FC(F)(F)c1cnc(-c2ccc(Cl)c(Cl)c2Cl)c(I)c1. The highest BCUT2D eigenvalue weighted by molar-refractivity contribution is 14.1. The number of aromatic nitrogens is 1.